The monoisotopic (exact) mass is 390 g/mol. The highest BCUT2D eigenvalue weighted by Gasteiger charge is 2.34. The maximum absolute atomic E-state index is 13.8. The molecular formula is C21H31FN4O2. The van der Waals surface area contributed by atoms with Gasteiger partial charge < -0.3 is 20.4 Å². The number of carbonyl (C=O) groups excluding carboxylic acids is 2. The molecule has 0 aromatic heterocycles. The number of para-hydroxylation sites is 1. The number of nitrogens with one attached hydrogen (secondary N) is 2. The predicted octanol–water partition coefficient (Wildman–Crippen LogP) is 3.06. The smallest absolute Gasteiger partial charge is 0.321 e. The van der Waals surface area contributed by atoms with E-state index in [0.717, 1.165) is 51.7 Å². The van der Waals surface area contributed by atoms with Gasteiger partial charge in [0.2, 0.25) is 5.91 Å². The van der Waals surface area contributed by atoms with Gasteiger partial charge in [-0.25, -0.2) is 9.18 Å². The van der Waals surface area contributed by atoms with Crippen LogP contribution in [-0.2, 0) is 4.79 Å². The van der Waals surface area contributed by atoms with Crippen LogP contribution in [-0.4, -0.2) is 60.5 Å². The molecule has 3 amide bonds. The molecule has 1 unspecified atom stereocenters. The lowest BCUT2D eigenvalue weighted by atomic mass is 9.94. The molecule has 2 fully saturated rings. The minimum absolute atomic E-state index is 0.164. The van der Waals surface area contributed by atoms with Gasteiger partial charge in [0, 0.05) is 25.7 Å². The fourth-order valence-electron chi connectivity index (χ4n) is 4.19. The number of piperidine rings is 2. The lowest BCUT2D eigenvalue weighted by molar-refractivity contribution is -0.140. The number of carbonyl (C=O) groups is 2. The van der Waals surface area contributed by atoms with E-state index in [1.54, 1.807) is 23.1 Å². The Morgan fingerprint density at radius 2 is 2.00 bits per heavy atom. The minimum Gasteiger partial charge on any atom is -0.339 e. The Morgan fingerprint density at radius 3 is 2.71 bits per heavy atom. The van der Waals surface area contributed by atoms with Gasteiger partial charge in [0.05, 0.1) is 11.6 Å². The van der Waals surface area contributed by atoms with E-state index in [-0.39, 0.29) is 29.6 Å². The number of hydrogen-bond acceptors (Lipinski definition) is 3. The molecule has 1 aromatic rings. The predicted molar refractivity (Wildman–Crippen MR) is 108 cm³/mol. The molecule has 7 heteroatoms. The number of rotatable bonds is 5. The van der Waals surface area contributed by atoms with Crippen molar-refractivity contribution in [2.45, 2.75) is 45.1 Å². The Hall–Kier alpha value is -2.15. The van der Waals surface area contributed by atoms with E-state index >= 15 is 0 Å². The molecule has 3 rings (SSSR count). The molecule has 1 aromatic carbocycles. The van der Waals surface area contributed by atoms with Crippen molar-refractivity contribution in [1.29, 1.82) is 0 Å². The number of anilines is 1. The van der Waals surface area contributed by atoms with Crippen molar-refractivity contribution in [3.05, 3.63) is 30.1 Å². The largest absolute Gasteiger partial charge is 0.339 e. The normalized spacial score (nSPS) is 20.6. The number of hydrogen-bond donors (Lipinski definition) is 2. The van der Waals surface area contributed by atoms with Gasteiger partial charge in [0.1, 0.15) is 5.82 Å². The highest BCUT2D eigenvalue weighted by atomic mass is 19.1. The third-order valence-electron chi connectivity index (χ3n) is 5.67. The van der Waals surface area contributed by atoms with E-state index < -0.39 is 5.82 Å². The van der Waals surface area contributed by atoms with Gasteiger partial charge in [-0.2, -0.15) is 0 Å². The molecular weight excluding hydrogens is 359 g/mol. The summed E-state index contributed by atoms with van der Waals surface area (Å²) in [6.45, 7) is 5.73. The molecule has 0 bridgehead atoms. The maximum atomic E-state index is 13.8. The standard InChI is InChI=1S/C21H31FN4O2/c1-2-13-26(17-9-11-23-12-10-17)20(27)16-6-5-14-25(15-16)21(28)24-19-8-4-3-7-18(19)22/h3-4,7-8,16-17,23H,2,5-6,9-15H2,1H3,(H,24,28). The first-order valence-corrected chi connectivity index (χ1v) is 10.4. The van der Waals surface area contributed by atoms with E-state index in [1.807, 2.05) is 4.90 Å². The second kappa shape index (κ2) is 9.87. The molecule has 2 aliphatic rings. The molecule has 6 nitrogen and oxygen atoms in total. The van der Waals surface area contributed by atoms with Crippen molar-refractivity contribution < 1.29 is 14.0 Å². The summed E-state index contributed by atoms with van der Waals surface area (Å²) >= 11 is 0. The Kier molecular flexibility index (Phi) is 7.25. The fraction of sp³-hybridized carbons (Fsp3) is 0.619. The van der Waals surface area contributed by atoms with Crippen LogP contribution in [0.15, 0.2) is 24.3 Å². The minimum atomic E-state index is -0.458. The lowest BCUT2D eigenvalue weighted by Gasteiger charge is -2.39. The molecule has 2 N–H and O–H groups in total. The summed E-state index contributed by atoms with van der Waals surface area (Å²) in [6, 6.07) is 6.08. The van der Waals surface area contributed by atoms with Gasteiger partial charge in [0.15, 0.2) is 0 Å². The van der Waals surface area contributed by atoms with E-state index in [9.17, 15) is 14.0 Å². The van der Waals surface area contributed by atoms with Gasteiger partial charge in [0.25, 0.3) is 0 Å². The molecule has 2 saturated heterocycles. The third kappa shape index (κ3) is 5.01. The zero-order valence-corrected chi connectivity index (χ0v) is 16.6. The zero-order chi connectivity index (χ0) is 19.9. The first-order valence-electron chi connectivity index (χ1n) is 10.4. The summed E-state index contributed by atoms with van der Waals surface area (Å²) < 4.78 is 13.8. The van der Waals surface area contributed by atoms with Crippen LogP contribution in [0.4, 0.5) is 14.9 Å². The fourth-order valence-corrected chi connectivity index (χ4v) is 4.19. The topological polar surface area (TPSA) is 64.7 Å². The van der Waals surface area contributed by atoms with E-state index in [2.05, 4.69) is 17.6 Å². The molecule has 2 aliphatic heterocycles. The first kappa shape index (κ1) is 20.6. The van der Waals surface area contributed by atoms with Crippen molar-refractivity contribution in [2.75, 3.05) is 38.0 Å². The Balaban J connectivity index is 1.63. The average molecular weight is 391 g/mol. The van der Waals surface area contributed by atoms with Crippen LogP contribution >= 0.6 is 0 Å². The van der Waals surface area contributed by atoms with Crippen LogP contribution in [0.1, 0.15) is 39.0 Å². The number of benzene rings is 1. The molecule has 1 atom stereocenters. The van der Waals surface area contributed by atoms with E-state index in [0.29, 0.717) is 13.1 Å². The molecule has 154 valence electrons. The van der Waals surface area contributed by atoms with E-state index in [4.69, 9.17) is 0 Å². The Morgan fingerprint density at radius 1 is 1.25 bits per heavy atom. The Labute approximate surface area is 166 Å². The molecule has 0 spiro atoms. The number of nitrogens with zero attached hydrogens (tertiary/aromatic N) is 2. The highest BCUT2D eigenvalue weighted by molar-refractivity contribution is 5.90. The number of halogens is 1. The molecule has 2 heterocycles. The summed E-state index contributed by atoms with van der Waals surface area (Å²) in [4.78, 5) is 29.5. The second-order valence-corrected chi connectivity index (χ2v) is 7.71. The van der Waals surface area contributed by atoms with Crippen LogP contribution in [0.2, 0.25) is 0 Å². The first-order chi connectivity index (χ1) is 13.6. The summed E-state index contributed by atoms with van der Waals surface area (Å²) in [5.74, 6) is -0.473. The number of likely N-dealkylation sites (tertiary alicyclic amines) is 1. The molecule has 28 heavy (non-hydrogen) atoms. The molecule has 0 radical (unpaired) electrons. The number of urea groups is 1. The maximum Gasteiger partial charge on any atom is 0.321 e. The second-order valence-electron chi connectivity index (χ2n) is 7.71. The number of amides is 3. The summed E-state index contributed by atoms with van der Waals surface area (Å²) in [6.07, 6.45) is 4.48. The van der Waals surface area contributed by atoms with E-state index in [1.165, 1.54) is 6.07 Å². The third-order valence-corrected chi connectivity index (χ3v) is 5.67. The van der Waals surface area contributed by atoms with Crippen molar-refractivity contribution in [2.24, 2.45) is 5.92 Å². The van der Waals surface area contributed by atoms with Crippen molar-refractivity contribution in [3.63, 3.8) is 0 Å². The zero-order valence-electron chi connectivity index (χ0n) is 16.6. The summed E-state index contributed by atoms with van der Waals surface area (Å²) in [5.41, 5.74) is 0.170. The van der Waals surface area contributed by atoms with Gasteiger partial charge in [-0.3, -0.25) is 4.79 Å². The summed E-state index contributed by atoms with van der Waals surface area (Å²) in [7, 11) is 0. The highest BCUT2D eigenvalue weighted by Crippen LogP contribution is 2.23. The van der Waals surface area contributed by atoms with Gasteiger partial charge in [-0.15, -0.1) is 0 Å². The quantitative estimate of drug-likeness (QED) is 0.812. The van der Waals surface area contributed by atoms with Crippen LogP contribution in [0.5, 0.6) is 0 Å². The Bertz CT molecular complexity index is 678. The van der Waals surface area contributed by atoms with Crippen molar-refractivity contribution in [1.82, 2.24) is 15.1 Å². The van der Waals surface area contributed by atoms with Gasteiger partial charge in [-0.05, 0) is 57.3 Å². The van der Waals surface area contributed by atoms with Gasteiger partial charge >= 0.3 is 6.03 Å². The molecule has 0 aliphatic carbocycles. The molecule has 0 saturated carbocycles. The van der Waals surface area contributed by atoms with Gasteiger partial charge in [-0.1, -0.05) is 19.1 Å². The average Bonchev–Trinajstić information content (AvgIpc) is 2.74. The van der Waals surface area contributed by atoms with Crippen LogP contribution in [0, 0.1) is 11.7 Å². The van der Waals surface area contributed by atoms with Crippen molar-refractivity contribution >= 4 is 17.6 Å². The van der Waals surface area contributed by atoms with Crippen LogP contribution < -0.4 is 10.6 Å². The van der Waals surface area contributed by atoms with Crippen molar-refractivity contribution in [3.8, 4) is 0 Å². The van der Waals surface area contributed by atoms with Crippen LogP contribution in [0.25, 0.3) is 0 Å². The SMILES string of the molecule is CCCN(C(=O)C1CCCN(C(=O)Nc2ccccc2F)C1)C1CCNCC1. The lowest BCUT2D eigenvalue weighted by Crippen LogP contribution is -2.52. The summed E-state index contributed by atoms with van der Waals surface area (Å²) in [5, 5.41) is 5.99. The van der Waals surface area contributed by atoms with Crippen LogP contribution in [0.3, 0.4) is 0 Å².